The normalized spacial score (nSPS) is 11.0. The van der Waals surface area contributed by atoms with Crippen LogP contribution in [0.4, 0.5) is 0 Å². The Bertz CT molecular complexity index is 1090. The van der Waals surface area contributed by atoms with Crippen molar-refractivity contribution < 1.29 is 14.3 Å². The van der Waals surface area contributed by atoms with Gasteiger partial charge in [0.05, 0.1) is 24.4 Å². The molecule has 0 bridgehead atoms. The summed E-state index contributed by atoms with van der Waals surface area (Å²) in [4.78, 5) is 15.4. The predicted octanol–water partition coefficient (Wildman–Crippen LogP) is 5.70. The number of amides is 1. The molecule has 6 heteroatoms. The first kappa shape index (κ1) is 17.6. The largest absolute Gasteiger partial charge is 0.508 e. The average Bonchev–Trinajstić information content (AvgIpc) is 3.31. The van der Waals surface area contributed by atoms with E-state index in [0.29, 0.717) is 21.2 Å². The van der Waals surface area contributed by atoms with E-state index in [9.17, 15) is 9.90 Å². The lowest BCUT2D eigenvalue weighted by Crippen LogP contribution is -2.29. The van der Waals surface area contributed by atoms with Gasteiger partial charge < -0.3 is 14.4 Å². The second kappa shape index (κ2) is 7.47. The van der Waals surface area contributed by atoms with Gasteiger partial charge in [0.15, 0.2) is 0 Å². The molecule has 0 atom stereocenters. The molecule has 4 nitrogen and oxygen atoms in total. The first-order valence-electron chi connectivity index (χ1n) is 8.39. The molecule has 136 valence electrons. The van der Waals surface area contributed by atoms with Crippen molar-refractivity contribution in [1.82, 2.24) is 4.90 Å². The Balaban J connectivity index is 1.71. The van der Waals surface area contributed by atoms with Gasteiger partial charge in [0.2, 0.25) is 0 Å². The molecule has 27 heavy (non-hydrogen) atoms. The molecule has 0 unspecified atom stereocenters. The van der Waals surface area contributed by atoms with E-state index < -0.39 is 0 Å². The zero-order chi connectivity index (χ0) is 18.8. The zero-order valence-corrected chi connectivity index (χ0v) is 15.8. The predicted molar refractivity (Wildman–Crippen MR) is 107 cm³/mol. The van der Waals surface area contributed by atoms with Crippen LogP contribution in [0.5, 0.6) is 5.75 Å². The minimum Gasteiger partial charge on any atom is -0.508 e. The van der Waals surface area contributed by atoms with Gasteiger partial charge in [-0.25, -0.2) is 0 Å². The molecule has 0 aliphatic heterocycles. The summed E-state index contributed by atoms with van der Waals surface area (Å²) in [7, 11) is 0. The zero-order valence-electron chi connectivity index (χ0n) is 14.3. The van der Waals surface area contributed by atoms with Crippen molar-refractivity contribution in [2.45, 2.75) is 13.1 Å². The lowest BCUT2D eigenvalue weighted by atomic mass is 10.1. The van der Waals surface area contributed by atoms with E-state index in [1.807, 2.05) is 36.4 Å². The van der Waals surface area contributed by atoms with Gasteiger partial charge in [-0.05, 0) is 24.3 Å². The number of halogens is 1. The highest BCUT2D eigenvalue weighted by Crippen LogP contribution is 2.36. The van der Waals surface area contributed by atoms with Gasteiger partial charge in [-0.2, -0.15) is 0 Å². The van der Waals surface area contributed by atoms with E-state index in [1.54, 1.807) is 35.4 Å². The third kappa shape index (κ3) is 3.56. The highest BCUT2D eigenvalue weighted by molar-refractivity contribution is 7.21. The maximum atomic E-state index is 13.3. The molecule has 0 saturated heterocycles. The van der Waals surface area contributed by atoms with Crippen LogP contribution in [0.3, 0.4) is 0 Å². The van der Waals surface area contributed by atoms with Crippen LogP contribution >= 0.6 is 22.9 Å². The molecule has 0 saturated carbocycles. The van der Waals surface area contributed by atoms with Gasteiger partial charge in [-0.3, -0.25) is 4.79 Å². The van der Waals surface area contributed by atoms with Crippen molar-refractivity contribution in [3.63, 3.8) is 0 Å². The van der Waals surface area contributed by atoms with Crippen LogP contribution in [0, 0.1) is 0 Å². The number of phenols is 1. The van der Waals surface area contributed by atoms with Crippen LogP contribution in [-0.2, 0) is 13.1 Å². The SMILES string of the molecule is O=C(c1sc2ccccc2c1Cl)N(Cc1ccco1)Cc1ccccc1O. The fraction of sp³-hybridized carbons (Fsp3) is 0.0952. The van der Waals surface area contributed by atoms with Crippen LogP contribution in [0.1, 0.15) is 21.0 Å². The van der Waals surface area contributed by atoms with Gasteiger partial charge in [0, 0.05) is 15.6 Å². The van der Waals surface area contributed by atoms with E-state index in [4.69, 9.17) is 16.0 Å². The molecule has 4 aromatic rings. The highest BCUT2D eigenvalue weighted by Gasteiger charge is 2.24. The third-order valence-corrected chi connectivity index (χ3v) is 5.96. The number of rotatable bonds is 5. The van der Waals surface area contributed by atoms with E-state index in [2.05, 4.69) is 0 Å². The van der Waals surface area contributed by atoms with Crippen molar-refractivity contribution in [3.8, 4) is 5.75 Å². The lowest BCUT2D eigenvalue weighted by Gasteiger charge is -2.22. The molecule has 0 aliphatic carbocycles. The van der Waals surface area contributed by atoms with Gasteiger partial charge in [0.25, 0.3) is 5.91 Å². The Morgan fingerprint density at radius 3 is 2.56 bits per heavy atom. The van der Waals surface area contributed by atoms with Gasteiger partial charge in [0.1, 0.15) is 16.4 Å². The minimum absolute atomic E-state index is 0.150. The monoisotopic (exact) mass is 397 g/mol. The molecule has 0 radical (unpaired) electrons. The van der Waals surface area contributed by atoms with Crippen molar-refractivity contribution >= 4 is 38.9 Å². The molecule has 1 amide bonds. The number of para-hydroxylation sites is 1. The molecule has 1 N–H and O–H groups in total. The van der Waals surface area contributed by atoms with E-state index >= 15 is 0 Å². The number of furan rings is 1. The first-order valence-corrected chi connectivity index (χ1v) is 9.58. The number of carbonyl (C=O) groups is 1. The summed E-state index contributed by atoms with van der Waals surface area (Å²) in [5.41, 5.74) is 0.662. The number of fused-ring (bicyclic) bond motifs is 1. The first-order chi connectivity index (χ1) is 13.1. The van der Waals surface area contributed by atoms with Crippen molar-refractivity contribution in [1.29, 1.82) is 0 Å². The Morgan fingerprint density at radius 2 is 1.81 bits per heavy atom. The highest BCUT2D eigenvalue weighted by atomic mass is 35.5. The molecule has 2 heterocycles. The standard InChI is InChI=1S/C21H16ClNO3S/c22-19-16-8-2-4-10-18(16)27-20(19)21(25)23(13-15-7-5-11-26-15)12-14-6-1-3-9-17(14)24/h1-11,24H,12-13H2. The molecular weight excluding hydrogens is 382 g/mol. The Labute approximate surface area is 165 Å². The Hall–Kier alpha value is -2.76. The van der Waals surface area contributed by atoms with Crippen molar-refractivity contribution in [3.05, 3.63) is 88.2 Å². The Morgan fingerprint density at radius 1 is 1.04 bits per heavy atom. The van der Waals surface area contributed by atoms with Crippen LogP contribution < -0.4 is 0 Å². The topological polar surface area (TPSA) is 53.7 Å². The lowest BCUT2D eigenvalue weighted by molar-refractivity contribution is 0.0722. The second-order valence-electron chi connectivity index (χ2n) is 6.11. The maximum absolute atomic E-state index is 13.3. The van der Waals surface area contributed by atoms with Crippen LogP contribution in [0.25, 0.3) is 10.1 Å². The minimum atomic E-state index is -0.194. The fourth-order valence-corrected chi connectivity index (χ4v) is 4.42. The number of hydrogen-bond donors (Lipinski definition) is 1. The quantitative estimate of drug-likeness (QED) is 0.470. The number of thiophene rings is 1. The van der Waals surface area contributed by atoms with Crippen LogP contribution in [0.2, 0.25) is 5.02 Å². The number of phenolic OH excluding ortho intramolecular Hbond substituents is 1. The van der Waals surface area contributed by atoms with E-state index in [1.165, 1.54) is 11.3 Å². The molecular formula is C21H16ClNO3S. The van der Waals surface area contributed by atoms with Crippen LogP contribution in [0.15, 0.2) is 71.3 Å². The third-order valence-electron chi connectivity index (χ3n) is 4.30. The van der Waals surface area contributed by atoms with Crippen LogP contribution in [-0.4, -0.2) is 15.9 Å². The van der Waals surface area contributed by atoms with Gasteiger partial charge in [-0.15, -0.1) is 11.3 Å². The summed E-state index contributed by atoms with van der Waals surface area (Å²) in [5, 5.41) is 11.5. The summed E-state index contributed by atoms with van der Waals surface area (Å²) >= 11 is 7.87. The number of aromatic hydroxyl groups is 1. The van der Waals surface area contributed by atoms with Crippen molar-refractivity contribution in [2.75, 3.05) is 0 Å². The molecule has 0 fully saturated rings. The van der Waals surface area contributed by atoms with Gasteiger partial charge >= 0.3 is 0 Å². The maximum Gasteiger partial charge on any atom is 0.266 e. The molecule has 0 aliphatic rings. The number of carbonyl (C=O) groups excluding carboxylic acids is 1. The molecule has 4 rings (SSSR count). The summed E-state index contributed by atoms with van der Waals surface area (Å²) < 4.78 is 6.39. The number of benzene rings is 2. The second-order valence-corrected chi connectivity index (χ2v) is 7.54. The average molecular weight is 398 g/mol. The smallest absolute Gasteiger partial charge is 0.266 e. The number of hydrogen-bond acceptors (Lipinski definition) is 4. The molecule has 2 aromatic heterocycles. The summed E-state index contributed by atoms with van der Waals surface area (Å²) in [5.74, 6) is 0.619. The summed E-state index contributed by atoms with van der Waals surface area (Å²) in [6, 6.07) is 18.3. The van der Waals surface area contributed by atoms with Gasteiger partial charge in [-0.1, -0.05) is 48.0 Å². The Kier molecular flexibility index (Phi) is 4.88. The van der Waals surface area contributed by atoms with Crippen molar-refractivity contribution in [2.24, 2.45) is 0 Å². The summed E-state index contributed by atoms with van der Waals surface area (Å²) in [6.07, 6.45) is 1.57. The summed E-state index contributed by atoms with van der Waals surface area (Å²) in [6.45, 7) is 0.529. The fourth-order valence-electron chi connectivity index (χ4n) is 2.94. The number of nitrogens with zero attached hydrogens (tertiary/aromatic N) is 1. The van der Waals surface area contributed by atoms with E-state index in [0.717, 1.165) is 10.1 Å². The molecule has 0 spiro atoms. The van der Waals surface area contributed by atoms with E-state index in [-0.39, 0.29) is 24.7 Å². The molecule has 2 aromatic carbocycles.